The normalized spacial score (nSPS) is 18.3. The summed E-state index contributed by atoms with van der Waals surface area (Å²) in [5.74, 6) is 0.351. The maximum Gasteiger partial charge on any atom is 0.330 e. The van der Waals surface area contributed by atoms with Gasteiger partial charge in [0.2, 0.25) is 0 Å². The van der Waals surface area contributed by atoms with Crippen molar-refractivity contribution in [1.29, 1.82) is 0 Å². The first-order chi connectivity index (χ1) is 28.5. The summed E-state index contributed by atoms with van der Waals surface area (Å²) < 4.78 is 14.6. The van der Waals surface area contributed by atoms with Crippen LogP contribution in [0.15, 0.2) is 193 Å². The fourth-order valence-corrected chi connectivity index (χ4v) is 8.28. The first kappa shape index (κ1) is 36.9. The lowest BCUT2D eigenvalue weighted by Gasteiger charge is -2.37. The zero-order chi connectivity index (χ0) is 39.5. The molecule has 6 aromatic carbocycles. The van der Waals surface area contributed by atoms with Crippen molar-refractivity contribution < 1.29 is 19.7 Å². The molecule has 58 heavy (non-hydrogen) atoms. The molecule has 0 aliphatic carbocycles. The van der Waals surface area contributed by atoms with E-state index in [0.29, 0.717) is 11.3 Å². The second kappa shape index (κ2) is 15.7. The molecule has 8 aromatic rings. The fourth-order valence-electron chi connectivity index (χ4n) is 8.28. The third-order valence-electron chi connectivity index (χ3n) is 11.0. The van der Waals surface area contributed by atoms with Gasteiger partial charge in [-0.3, -0.25) is 0 Å². The number of nitrogens with one attached hydrogen (secondary N) is 2. The Balaban J connectivity index is 1.09. The van der Waals surface area contributed by atoms with E-state index >= 15 is 0 Å². The first-order valence-electron chi connectivity index (χ1n) is 19.2. The second-order valence-electron chi connectivity index (χ2n) is 14.3. The zero-order valence-corrected chi connectivity index (χ0v) is 31.4. The van der Waals surface area contributed by atoms with Crippen molar-refractivity contribution in [1.82, 2.24) is 19.5 Å². The van der Waals surface area contributed by atoms with Crippen LogP contribution in [0.25, 0.3) is 11.2 Å². The van der Waals surface area contributed by atoms with Gasteiger partial charge < -0.3 is 30.0 Å². The number of aliphatic hydroxyl groups excluding tert-OH is 2. The van der Waals surface area contributed by atoms with E-state index in [1.54, 1.807) is 0 Å². The maximum atomic E-state index is 14.0. The molecule has 0 amide bonds. The number of hydrogen-bond acceptors (Lipinski definition) is 8. The third-order valence-corrected chi connectivity index (χ3v) is 11.0. The summed E-state index contributed by atoms with van der Waals surface area (Å²) in [7, 11) is 0. The SMILES string of the molecule is O=c1[nH]c2c(NC(c3ccccc3)(c3ccccc3)c3ccccc3)ncnc2n1[C@@H]1O[C@H](COC(c2ccccc2)(c2ccccc2)c2ccccc2)[C@@H](O)[C@H]1O. The van der Waals surface area contributed by atoms with Crippen LogP contribution in [-0.2, 0) is 20.6 Å². The van der Waals surface area contributed by atoms with E-state index in [4.69, 9.17) is 9.47 Å². The number of nitrogens with zero attached hydrogens (tertiary/aromatic N) is 3. The summed E-state index contributed by atoms with van der Waals surface area (Å²) in [5.41, 5.74) is 3.32. The maximum absolute atomic E-state index is 14.0. The van der Waals surface area contributed by atoms with Gasteiger partial charge in [0, 0.05) is 0 Å². The van der Waals surface area contributed by atoms with Gasteiger partial charge in [0.15, 0.2) is 17.7 Å². The highest BCUT2D eigenvalue weighted by atomic mass is 16.6. The van der Waals surface area contributed by atoms with Crippen LogP contribution in [0.2, 0.25) is 0 Å². The number of aromatic nitrogens is 4. The average Bonchev–Trinajstić information content (AvgIpc) is 3.78. The predicted octanol–water partition coefficient (Wildman–Crippen LogP) is 7.15. The second-order valence-corrected chi connectivity index (χ2v) is 14.3. The number of hydrogen-bond donors (Lipinski definition) is 4. The van der Waals surface area contributed by atoms with Crippen LogP contribution in [0.4, 0.5) is 5.82 Å². The number of aromatic amines is 1. The minimum atomic E-state index is -1.49. The fraction of sp³-hybridized carbons (Fsp3) is 0.146. The van der Waals surface area contributed by atoms with E-state index in [0.717, 1.165) is 33.4 Å². The zero-order valence-electron chi connectivity index (χ0n) is 31.4. The molecule has 10 nitrogen and oxygen atoms in total. The van der Waals surface area contributed by atoms with Gasteiger partial charge in [-0.1, -0.05) is 182 Å². The Kier molecular flexibility index (Phi) is 9.98. The quantitative estimate of drug-likeness (QED) is 0.0964. The van der Waals surface area contributed by atoms with E-state index < -0.39 is 41.4 Å². The lowest BCUT2D eigenvalue weighted by atomic mass is 9.77. The van der Waals surface area contributed by atoms with Crippen LogP contribution >= 0.6 is 0 Å². The molecule has 0 radical (unpaired) electrons. The molecular weight excluding hydrogens is 727 g/mol. The summed E-state index contributed by atoms with van der Waals surface area (Å²) in [6, 6.07) is 59.7. The number of H-pyrrole nitrogens is 1. The highest BCUT2D eigenvalue weighted by Crippen LogP contribution is 2.43. The molecular formula is C48H41N5O5. The van der Waals surface area contributed by atoms with Crippen molar-refractivity contribution in [3.63, 3.8) is 0 Å². The van der Waals surface area contributed by atoms with E-state index in [2.05, 4.69) is 20.3 Å². The molecule has 288 valence electrons. The van der Waals surface area contributed by atoms with E-state index in [9.17, 15) is 15.0 Å². The minimum Gasteiger partial charge on any atom is -0.387 e. The summed E-state index contributed by atoms with van der Waals surface area (Å²) in [5, 5.41) is 26.9. The number of anilines is 1. The van der Waals surface area contributed by atoms with Crippen LogP contribution in [-0.4, -0.2) is 54.7 Å². The van der Waals surface area contributed by atoms with Crippen molar-refractivity contribution >= 4 is 17.0 Å². The predicted molar refractivity (Wildman–Crippen MR) is 222 cm³/mol. The van der Waals surface area contributed by atoms with E-state index in [1.807, 2.05) is 182 Å². The largest absolute Gasteiger partial charge is 0.387 e. The summed E-state index contributed by atoms with van der Waals surface area (Å²) in [4.78, 5) is 26.1. The van der Waals surface area contributed by atoms with Gasteiger partial charge in [0.25, 0.3) is 0 Å². The molecule has 1 aliphatic rings. The van der Waals surface area contributed by atoms with E-state index in [1.165, 1.54) is 10.9 Å². The molecule has 9 rings (SSSR count). The molecule has 1 fully saturated rings. The van der Waals surface area contributed by atoms with Gasteiger partial charge in [-0.25, -0.2) is 19.3 Å². The highest BCUT2D eigenvalue weighted by molar-refractivity contribution is 5.84. The number of benzene rings is 6. The first-order valence-corrected chi connectivity index (χ1v) is 19.2. The van der Waals surface area contributed by atoms with Crippen LogP contribution in [0, 0.1) is 0 Å². The van der Waals surface area contributed by atoms with Crippen molar-refractivity contribution in [3.05, 3.63) is 232 Å². The lowest BCUT2D eigenvalue weighted by molar-refractivity contribution is -0.0947. The van der Waals surface area contributed by atoms with Crippen LogP contribution in [0.1, 0.15) is 39.6 Å². The monoisotopic (exact) mass is 767 g/mol. The van der Waals surface area contributed by atoms with Gasteiger partial charge in [-0.2, -0.15) is 0 Å². The van der Waals surface area contributed by atoms with Gasteiger partial charge in [0.05, 0.1) is 6.61 Å². The van der Waals surface area contributed by atoms with Crippen LogP contribution < -0.4 is 11.0 Å². The van der Waals surface area contributed by atoms with Crippen LogP contribution in [0.3, 0.4) is 0 Å². The number of fused-ring (bicyclic) bond motifs is 1. The van der Waals surface area contributed by atoms with Crippen molar-refractivity contribution in [3.8, 4) is 0 Å². The van der Waals surface area contributed by atoms with E-state index in [-0.39, 0.29) is 12.3 Å². The molecule has 10 heteroatoms. The number of aliphatic hydroxyl groups is 2. The molecule has 0 unspecified atom stereocenters. The molecule has 4 N–H and O–H groups in total. The highest BCUT2D eigenvalue weighted by Gasteiger charge is 2.48. The molecule has 1 aliphatic heterocycles. The smallest absolute Gasteiger partial charge is 0.330 e. The van der Waals surface area contributed by atoms with Crippen molar-refractivity contribution in [2.45, 2.75) is 35.7 Å². The van der Waals surface area contributed by atoms with Gasteiger partial charge in [0.1, 0.15) is 41.3 Å². The van der Waals surface area contributed by atoms with Crippen molar-refractivity contribution in [2.75, 3.05) is 11.9 Å². The summed E-state index contributed by atoms with van der Waals surface area (Å²) in [6.07, 6.45) is -3.84. The Hall–Kier alpha value is -6.69. The lowest BCUT2D eigenvalue weighted by Crippen LogP contribution is -2.39. The Morgan fingerprint density at radius 1 is 0.603 bits per heavy atom. The van der Waals surface area contributed by atoms with Gasteiger partial charge >= 0.3 is 5.69 Å². The molecule has 1 saturated heterocycles. The molecule has 2 aromatic heterocycles. The summed E-state index contributed by atoms with van der Waals surface area (Å²) >= 11 is 0. The van der Waals surface area contributed by atoms with Gasteiger partial charge in [-0.05, 0) is 33.4 Å². The average molecular weight is 768 g/mol. The van der Waals surface area contributed by atoms with Gasteiger partial charge in [-0.15, -0.1) is 0 Å². The Labute approximate surface area is 335 Å². The Bertz CT molecular complexity index is 2450. The number of rotatable bonds is 12. The Morgan fingerprint density at radius 3 is 1.45 bits per heavy atom. The molecule has 4 atom stereocenters. The molecule has 0 bridgehead atoms. The van der Waals surface area contributed by atoms with Crippen molar-refractivity contribution in [2.24, 2.45) is 0 Å². The summed E-state index contributed by atoms with van der Waals surface area (Å²) in [6.45, 7) is -0.125. The molecule has 0 saturated carbocycles. The topological polar surface area (TPSA) is 135 Å². The molecule has 0 spiro atoms. The number of imidazole rings is 1. The Morgan fingerprint density at radius 2 is 1.02 bits per heavy atom. The van der Waals surface area contributed by atoms with Crippen LogP contribution in [0.5, 0.6) is 0 Å². The molecule has 3 heterocycles. The standard InChI is InChI=1S/C48H41N5O5/c54-41-39(31-57-48(36-25-13-4-14-26-36,37-27-15-5-16-28-37)38-29-17-6-18-30-38)58-45(42(41)55)53-44-40(51-46(53)56)43(49-32-50-44)52-47(33-19-7-1-8-20-33,34-21-9-2-10-22-34)35-23-11-3-12-24-35/h1-30,32,39,41-42,45,54-55H,31H2,(H,51,56)(H,49,50,52)/t39-,41-,42-,45-/m1/s1. The minimum absolute atomic E-state index is 0.125. The third kappa shape index (κ3) is 6.38. The number of ether oxygens (including phenoxy) is 2.